The van der Waals surface area contributed by atoms with Gasteiger partial charge in [-0.3, -0.25) is 9.00 Å². The predicted octanol–water partition coefficient (Wildman–Crippen LogP) is 0.553. The topological polar surface area (TPSA) is 74.6 Å². The third kappa shape index (κ3) is 3.14. The van der Waals surface area contributed by atoms with Gasteiger partial charge in [0.2, 0.25) is 0 Å². The Kier molecular flexibility index (Phi) is 4.45. The molecule has 0 bridgehead atoms. The molecule has 2 atom stereocenters. The monoisotopic (exact) mass is 228 g/mol. The van der Waals surface area contributed by atoms with Gasteiger partial charge in [0.05, 0.1) is 6.61 Å². The van der Waals surface area contributed by atoms with Crippen molar-refractivity contribution >= 4 is 16.8 Å². The van der Waals surface area contributed by atoms with Crippen molar-refractivity contribution in [1.29, 1.82) is 0 Å². The number of rotatable bonds is 5. The average Bonchev–Trinajstić information content (AvgIpc) is 2.19. The lowest BCUT2D eigenvalue weighted by Gasteiger charge is -2.11. The fourth-order valence-electron chi connectivity index (χ4n) is 1.24. The van der Waals surface area contributed by atoms with E-state index in [0.29, 0.717) is 5.56 Å². The summed E-state index contributed by atoms with van der Waals surface area (Å²) in [6.45, 7) is -0.275. The molecule has 4 nitrogen and oxygen atoms in total. The zero-order valence-corrected chi connectivity index (χ0v) is 8.81. The number of hydrogen-bond donors (Lipinski definition) is 2. The molecule has 0 radical (unpaired) electrons. The molecule has 1 rings (SSSR count). The van der Waals surface area contributed by atoms with Gasteiger partial charge in [-0.25, -0.2) is 0 Å². The van der Waals surface area contributed by atoms with Crippen molar-refractivity contribution in [2.75, 3.05) is 12.4 Å². The molecule has 0 saturated carbocycles. The quantitative estimate of drug-likeness (QED) is 0.772. The Morgan fingerprint density at radius 1 is 1.33 bits per heavy atom. The fourth-order valence-corrected chi connectivity index (χ4v) is 2.34. The predicted molar refractivity (Wildman–Crippen MR) is 56.9 cm³/mol. The Morgan fingerprint density at radius 3 is 2.40 bits per heavy atom. The molecule has 0 fully saturated rings. The maximum Gasteiger partial charge on any atom is 0.323 e. The largest absolute Gasteiger partial charge is 0.480 e. The molecule has 5 heteroatoms. The summed E-state index contributed by atoms with van der Waals surface area (Å²) >= 11 is 0. The lowest BCUT2D eigenvalue weighted by molar-refractivity contribution is -0.136. The van der Waals surface area contributed by atoms with Crippen LogP contribution in [0.25, 0.3) is 0 Å². The molecule has 0 amide bonds. The smallest absolute Gasteiger partial charge is 0.323 e. The number of carboxylic acids is 1. The van der Waals surface area contributed by atoms with Crippen LogP contribution < -0.4 is 0 Å². The van der Waals surface area contributed by atoms with E-state index in [1.807, 2.05) is 0 Å². The number of aliphatic hydroxyl groups excluding tert-OH is 1. The van der Waals surface area contributed by atoms with Crippen molar-refractivity contribution in [2.24, 2.45) is 0 Å². The zero-order valence-electron chi connectivity index (χ0n) is 8.00. The highest BCUT2D eigenvalue weighted by Crippen LogP contribution is 2.19. The van der Waals surface area contributed by atoms with E-state index in [2.05, 4.69) is 0 Å². The van der Waals surface area contributed by atoms with Crippen LogP contribution in [-0.2, 0) is 15.6 Å². The number of hydrogen-bond acceptors (Lipinski definition) is 3. The van der Waals surface area contributed by atoms with E-state index < -0.39 is 22.0 Å². The Morgan fingerprint density at radius 2 is 1.93 bits per heavy atom. The summed E-state index contributed by atoms with van der Waals surface area (Å²) in [7, 11) is -1.59. The molecule has 0 aromatic heterocycles. The summed E-state index contributed by atoms with van der Waals surface area (Å²) in [6.07, 6.45) is 0. The minimum atomic E-state index is -1.59. The standard InChI is InChI=1S/C10H12O4S/c11-6-7-15(14)9(10(12)13)8-4-2-1-3-5-8/h1-5,9,11H,6-7H2,(H,12,13). The average molecular weight is 228 g/mol. The first kappa shape index (κ1) is 11.9. The molecule has 0 saturated heterocycles. The maximum absolute atomic E-state index is 11.6. The van der Waals surface area contributed by atoms with Gasteiger partial charge in [-0.1, -0.05) is 30.3 Å². The molecule has 0 spiro atoms. The van der Waals surface area contributed by atoms with E-state index in [0.717, 1.165) is 0 Å². The van der Waals surface area contributed by atoms with Gasteiger partial charge in [0, 0.05) is 16.6 Å². The highest BCUT2D eigenvalue weighted by Gasteiger charge is 2.25. The second kappa shape index (κ2) is 5.63. The number of benzene rings is 1. The van der Waals surface area contributed by atoms with E-state index in [1.54, 1.807) is 30.3 Å². The van der Waals surface area contributed by atoms with E-state index in [-0.39, 0.29) is 12.4 Å². The molecule has 15 heavy (non-hydrogen) atoms. The van der Waals surface area contributed by atoms with Gasteiger partial charge < -0.3 is 10.2 Å². The van der Waals surface area contributed by atoms with Crippen molar-refractivity contribution < 1.29 is 19.2 Å². The molecule has 0 aliphatic heterocycles. The summed E-state index contributed by atoms with van der Waals surface area (Å²) < 4.78 is 11.6. The van der Waals surface area contributed by atoms with Crippen LogP contribution in [0.4, 0.5) is 0 Å². The Bertz CT molecular complexity index is 350. The highest BCUT2D eigenvalue weighted by atomic mass is 32.2. The van der Waals surface area contributed by atoms with E-state index >= 15 is 0 Å². The maximum atomic E-state index is 11.6. The van der Waals surface area contributed by atoms with Crippen molar-refractivity contribution in [1.82, 2.24) is 0 Å². The van der Waals surface area contributed by atoms with Gasteiger partial charge in [0.25, 0.3) is 0 Å². The van der Waals surface area contributed by atoms with Crippen LogP contribution in [0.3, 0.4) is 0 Å². The normalized spacial score (nSPS) is 14.5. The molecular weight excluding hydrogens is 216 g/mol. The van der Waals surface area contributed by atoms with Gasteiger partial charge in [-0.2, -0.15) is 0 Å². The number of carboxylic acid groups (broad SMARTS) is 1. The van der Waals surface area contributed by atoms with Gasteiger partial charge in [0.15, 0.2) is 5.25 Å². The molecule has 1 aromatic rings. The fraction of sp³-hybridized carbons (Fsp3) is 0.300. The first-order valence-electron chi connectivity index (χ1n) is 4.42. The van der Waals surface area contributed by atoms with Gasteiger partial charge in [0.1, 0.15) is 0 Å². The molecule has 1 aromatic carbocycles. The molecule has 82 valence electrons. The van der Waals surface area contributed by atoms with Crippen LogP contribution in [0.15, 0.2) is 30.3 Å². The van der Waals surface area contributed by atoms with Crippen LogP contribution in [0.2, 0.25) is 0 Å². The SMILES string of the molecule is O=C(O)C(c1ccccc1)S(=O)CCO. The minimum absolute atomic E-state index is 0.0220. The minimum Gasteiger partial charge on any atom is -0.480 e. The summed E-state index contributed by atoms with van der Waals surface area (Å²) in [6, 6.07) is 8.39. The Balaban J connectivity index is 2.94. The van der Waals surface area contributed by atoms with E-state index in [4.69, 9.17) is 10.2 Å². The van der Waals surface area contributed by atoms with Crippen LogP contribution in [0, 0.1) is 0 Å². The molecule has 2 N–H and O–H groups in total. The van der Waals surface area contributed by atoms with Crippen LogP contribution >= 0.6 is 0 Å². The zero-order chi connectivity index (χ0) is 11.3. The third-order valence-electron chi connectivity index (χ3n) is 1.88. The summed E-state index contributed by atoms with van der Waals surface area (Å²) in [5, 5.41) is 16.5. The van der Waals surface area contributed by atoms with E-state index in [9.17, 15) is 9.00 Å². The van der Waals surface area contributed by atoms with Crippen LogP contribution in [0.5, 0.6) is 0 Å². The van der Waals surface area contributed by atoms with Gasteiger partial charge >= 0.3 is 5.97 Å². The lowest BCUT2D eigenvalue weighted by atomic mass is 10.1. The van der Waals surface area contributed by atoms with Crippen molar-refractivity contribution in [3.63, 3.8) is 0 Å². The van der Waals surface area contributed by atoms with Gasteiger partial charge in [-0.15, -0.1) is 0 Å². The lowest BCUT2D eigenvalue weighted by Crippen LogP contribution is -2.20. The summed E-state index contributed by atoms with van der Waals surface area (Å²) in [4.78, 5) is 10.9. The molecular formula is C10H12O4S. The number of aliphatic carboxylic acids is 1. The molecule has 0 aliphatic carbocycles. The summed E-state index contributed by atoms with van der Waals surface area (Å²) in [5.41, 5.74) is 0.497. The second-order valence-corrected chi connectivity index (χ2v) is 4.58. The molecule has 0 aliphatic rings. The van der Waals surface area contributed by atoms with Crippen molar-refractivity contribution in [2.45, 2.75) is 5.25 Å². The van der Waals surface area contributed by atoms with E-state index in [1.165, 1.54) is 0 Å². The van der Waals surface area contributed by atoms with Crippen LogP contribution in [-0.4, -0.2) is 32.8 Å². The first-order valence-corrected chi connectivity index (χ1v) is 5.81. The molecule has 0 heterocycles. The Hall–Kier alpha value is -1.20. The van der Waals surface area contributed by atoms with Crippen molar-refractivity contribution in [3.05, 3.63) is 35.9 Å². The van der Waals surface area contributed by atoms with Crippen molar-refractivity contribution in [3.8, 4) is 0 Å². The van der Waals surface area contributed by atoms with Crippen LogP contribution in [0.1, 0.15) is 10.8 Å². The number of aliphatic hydroxyl groups is 1. The van der Waals surface area contributed by atoms with Gasteiger partial charge in [-0.05, 0) is 5.56 Å². The number of carbonyl (C=O) groups is 1. The summed E-state index contributed by atoms with van der Waals surface area (Å²) in [5.74, 6) is -1.15. The Labute approximate surface area is 90.0 Å². The first-order chi connectivity index (χ1) is 7.16. The molecule has 2 unspecified atom stereocenters. The third-order valence-corrected chi connectivity index (χ3v) is 3.47. The highest BCUT2D eigenvalue weighted by molar-refractivity contribution is 7.86. The second-order valence-electron chi connectivity index (χ2n) is 2.94.